The van der Waals surface area contributed by atoms with Gasteiger partial charge in [0.05, 0.1) is 11.7 Å². The molecule has 1 spiro atoms. The molecule has 0 radical (unpaired) electrons. The molecule has 0 aromatic carbocycles. The van der Waals surface area contributed by atoms with Gasteiger partial charge in [-0.05, 0) is 54.4 Å². The zero-order chi connectivity index (χ0) is 18.2. The van der Waals surface area contributed by atoms with Gasteiger partial charge in [0.25, 0.3) is 0 Å². The largest absolute Gasteiger partial charge is 0.444 e. The summed E-state index contributed by atoms with van der Waals surface area (Å²) < 4.78 is 11.9. The van der Waals surface area contributed by atoms with E-state index < -0.39 is 5.60 Å². The maximum atomic E-state index is 12.3. The van der Waals surface area contributed by atoms with Crippen LogP contribution in [0.4, 0.5) is 4.79 Å². The molecule has 0 aliphatic carbocycles. The monoisotopic (exact) mass is 338 g/mol. The number of hydrogen-bond donors (Lipinski definition) is 0. The average Bonchev–Trinajstić information content (AvgIpc) is 2.44. The topological polar surface area (TPSA) is 42.0 Å². The lowest BCUT2D eigenvalue weighted by atomic mass is 9.86. The number of piperidine rings is 1. The molecule has 2 heterocycles. The van der Waals surface area contributed by atoms with Crippen LogP contribution in [0.3, 0.4) is 0 Å². The Morgan fingerprint density at radius 2 is 1.79 bits per heavy atom. The van der Waals surface area contributed by atoms with E-state index >= 15 is 0 Å². The van der Waals surface area contributed by atoms with E-state index in [9.17, 15) is 4.79 Å². The first-order valence-corrected chi connectivity index (χ1v) is 8.97. The molecular weight excluding hydrogens is 304 g/mol. The highest BCUT2D eigenvalue weighted by molar-refractivity contribution is 5.68. The summed E-state index contributed by atoms with van der Waals surface area (Å²) in [5.41, 5.74) is -0.548. The molecule has 2 saturated heterocycles. The van der Waals surface area contributed by atoms with Gasteiger partial charge in [-0.15, -0.1) is 6.58 Å². The predicted molar refractivity (Wildman–Crippen MR) is 96.2 cm³/mol. The van der Waals surface area contributed by atoms with Crippen LogP contribution in [0.15, 0.2) is 12.7 Å². The van der Waals surface area contributed by atoms with Crippen LogP contribution in [-0.4, -0.2) is 64.9 Å². The SMILES string of the molecule is C=C[C@@H]1CN(C(C)(C)C)CC2(CCN(C(=O)OC(C)(C)C)CC2)O1. The van der Waals surface area contributed by atoms with Crippen LogP contribution in [0, 0.1) is 0 Å². The van der Waals surface area contributed by atoms with Crippen LogP contribution in [0.5, 0.6) is 0 Å². The summed E-state index contributed by atoms with van der Waals surface area (Å²) in [5.74, 6) is 0. The maximum absolute atomic E-state index is 12.3. The van der Waals surface area contributed by atoms with E-state index in [2.05, 4.69) is 32.3 Å². The van der Waals surface area contributed by atoms with Crippen LogP contribution < -0.4 is 0 Å². The van der Waals surface area contributed by atoms with Gasteiger partial charge >= 0.3 is 6.09 Å². The number of carbonyl (C=O) groups excluding carboxylic acids is 1. The summed E-state index contributed by atoms with van der Waals surface area (Å²) in [5, 5.41) is 0. The Balaban J connectivity index is 2.02. The fraction of sp³-hybridized carbons (Fsp3) is 0.842. The Hall–Kier alpha value is -1.07. The van der Waals surface area contributed by atoms with Gasteiger partial charge in [-0.3, -0.25) is 4.90 Å². The van der Waals surface area contributed by atoms with E-state index in [-0.39, 0.29) is 23.3 Å². The highest BCUT2D eigenvalue weighted by atomic mass is 16.6. The lowest BCUT2D eigenvalue weighted by molar-refractivity contribution is -0.174. The fourth-order valence-corrected chi connectivity index (χ4v) is 3.36. The van der Waals surface area contributed by atoms with Crippen molar-refractivity contribution in [3.63, 3.8) is 0 Å². The van der Waals surface area contributed by atoms with Crippen LogP contribution in [0.25, 0.3) is 0 Å². The lowest BCUT2D eigenvalue weighted by Gasteiger charge is -2.52. The first-order valence-electron chi connectivity index (χ1n) is 8.97. The van der Waals surface area contributed by atoms with Crippen molar-refractivity contribution < 1.29 is 14.3 Å². The Morgan fingerprint density at radius 1 is 1.21 bits per heavy atom. The number of amides is 1. The predicted octanol–water partition coefficient (Wildman–Crippen LogP) is 3.44. The average molecular weight is 338 g/mol. The van der Waals surface area contributed by atoms with Crippen LogP contribution in [0.1, 0.15) is 54.4 Å². The number of likely N-dealkylation sites (tertiary alicyclic amines) is 1. The molecule has 0 N–H and O–H groups in total. The van der Waals surface area contributed by atoms with E-state index in [1.807, 2.05) is 26.8 Å². The third kappa shape index (κ3) is 4.73. The highest BCUT2D eigenvalue weighted by Crippen LogP contribution is 2.35. The molecule has 0 saturated carbocycles. The minimum Gasteiger partial charge on any atom is -0.444 e. The standard InChI is InChI=1S/C19H34N2O3/c1-8-15-13-21(17(2,3)4)14-19(23-15)9-11-20(12-10-19)16(22)24-18(5,6)7/h8,15H,1,9-14H2,2-7H3/t15-/m1/s1. The van der Waals surface area contributed by atoms with Gasteiger partial charge in [-0.25, -0.2) is 4.79 Å². The Kier molecular flexibility index (Phi) is 5.36. The zero-order valence-electron chi connectivity index (χ0n) is 16.2. The molecule has 5 heteroatoms. The molecule has 24 heavy (non-hydrogen) atoms. The number of ether oxygens (including phenoxy) is 2. The Morgan fingerprint density at radius 3 is 2.25 bits per heavy atom. The van der Waals surface area contributed by atoms with Crippen molar-refractivity contribution in [2.75, 3.05) is 26.2 Å². The number of morpholine rings is 1. The summed E-state index contributed by atoms with van der Waals surface area (Å²) in [6.45, 7) is 19.5. The molecule has 1 amide bonds. The molecule has 0 unspecified atom stereocenters. The van der Waals surface area contributed by atoms with Crippen LogP contribution in [0.2, 0.25) is 0 Å². The van der Waals surface area contributed by atoms with Crippen LogP contribution >= 0.6 is 0 Å². The number of rotatable bonds is 1. The van der Waals surface area contributed by atoms with E-state index in [1.165, 1.54) is 0 Å². The molecule has 1 atom stereocenters. The van der Waals surface area contributed by atoms with Crippen molar-refractivity contribution in [1.29, 1.82) is 0 Å². The molecule has 2 aliphatic heterocycles. The van der Waals surface area contributed by atoms with Gasteiger partial charge in [-0.2, -0.15) is 0 Å². The van der Waals surface area contributed by atoms with E-state index in [1.54, 1.807) is 4.90 Å². The number of hydrogen-bond acceptors (Lipinski definition) is 4. The number of carbonyl (C=O) groups is 1. The molecule has 0 aromatic rings. The Labute approximate surface area is 147 Å². The molecule has 138 valence electrons. The van der Waals surface area contributed by atoms with E-state index in [4.69, 9.17) is 9.47 Å². The van der Waals surface area contributed by atoms with Crippen LogP contribution in [-0.2, 0) is 9.47 Å². The quantitative estimate of drug-likeness (QED) is 0.687. The van der Waals surface area contributed by atoms with Gasteiger partial charge in [0.1, 0.15) is 5.60 Å². The second kappa shape index (κ2) is 6.68. The van der Waals surface area contributed by atoms with E-state index in [0.717, 1.165) is 25.9 Å². The van der Waals surface area contributed by atoms with Crippen molar-refractivity contribution in [2.45, 2.75) is 77.2 Å². The fourth-order valence-electron chi connectivity index (χ4n) is 3.36. The first-order chi connectivity index (χ1) is 10.9. The smallest absolute Gasteiger partial charge is 0.410 e. The summed E-state index contributed by atoms with van der Waals surface area (Å²) >= 11 is 0. The van der Waals surface area contributed by atoms with Gasteiger partial charge in [0.15, 0.2) is 0 Å². The Bertz CT molecular complexity index is 468. The van der Waals surface area contributed by atoms with Crippen molar-refractivity contribution >= 4 is 6.09 Å². The summed E-state index contributed by atoms with van der Waals surface area (Å²) in [6.07, 6.45) is 3.40. The lowest BCUT2D eigenvalue weighted by Crippen LogP contribution is -2.63. The molecule has 5 nitrogen and oxygen atoms in total. The summed E-state index contributed by atoms with van der Waals surface area (Å²) in [4.78, 5) is 16.5. The van der Waals surface area contributed by atoms with Gasteiger partial charge in [0.2, 0.25) is 0 Å². The maximum Gasteiger partial charge on any atom is 0.410 e. The van der Waals surface area contributed by atoms with Crippen molar-refractivity contribution in [3.05, 3.63) is 12.7 Å². The van der Waals surface area contributed by atoms with Gasteiger partial charge in [-0.1, -0.05) is 6.08 Å². The van der Waals surface area contributed by atoms with Gasteiger partial charge in [0, 0.05) is 31.7 Å². The molecule has 2 aliphatic rings. The van der Waals surface area contributed by atoms with Gasteiger partial charge < -0.3 is 14.4 Å². The second-order valence-electron chi connectivity index (χ2n) is 9.09. The zero-order valence-corrected chi connectivity index (χ0v) is 16.2. The molecule has 2 rings (SSSR count). The minimum atomic E-state index is -0.454. The summed E-state index contributed by atoms with van der Waals surface area (Å²) in [7, 11) is 0. The number of nitrogens with zero attached hydrogens (tertiary/aromatic N) is 2. The highest BCUT2D eigenvalue weighted by Gasteiger charge is 2.45. The normalized spacial score (nSPS) is 25.6. The second-order valence-corrected chi connectivity index (χ2v) is 9.09. The molecular formula is C19H34N2O3. The molecule has 0 aromatic heterocycles. The molecule has 2 fully saturated rings. The van der Waals surface area contributed by atoms with E-state index in [0.29, 0.717) is 13.1 Å². The third-order valence-electron chi connectivity index (χ3n) is 4.82. The van der Waals surface area contributed by atoms with Crippen molar-refractivity contribution in [3.8, 4) is 0 Å². The third-order valence-corrected chi connectivity index (χ3v) is 4.82. The summed E-state index contributed by atoms with van der Waals surface area (Å²) in [6, 6.07) is 0. The van der Waals surface area contributed by atoms with Crippen molar-refractivity contribution in [1.82, 2.24) is 9.80 Å². The van der Waals surface area contributed by atoms with Crippen molar-refractivity contribution in [2.24, 2.45) is 0 Å². The first kappa shape index (κ1) is 19.3. The minimum absolute atomic E-state index is 0.0473. The molecule has 0 bridgehead atoms.